The highest BCUT2D eigenvalue weighted by atomic mass is 32.5. The summed E-state index contributed by atoms with van der Waals surface area (Å²) >= 11 is 4.98. The molecule has 0 aromatic carbocycles. The van der Waals surface area contributed by atoms with Crippen LogP contribution >= 0.6 is 6.72 Å². The van der Waals surface area contributed by atoms with Crippen molar-refractivity contribution in [1.82, 2.24) is 39.0 Å². The van der Waals surface area contributed by atoms with Gasteiger partial charge in [0.25, 0.3) is 11.1 Å². The second kappa shape index (κ2) is 10.7. The molecule has 2 saturated heterocycles. The van der Waals surface area contributed by atoms with Gasteiger partial charge < -0.3 is 39.8 Å². The first-order valence-corrected chi connectivity index (χ1v) is 14.8. The number of anilines is 1. The van der Waals surface area contributed by atoms with Gasteiger partial charge in [-0.05, 0) is 11.8 Å². The topological polar surface area (TPSA) is 251 Å². The molecule has 43 heavy (non-hydrogen) atoms. The number of nitrogens with zero attached hydrogens (tertiary/aromatic N) is 6. The predicted octanol–water partition coefficient (Wildman–Crippen LogP) is -1.43. The second-order valence-electron chi connectivity index (χ2n) is 9.50. The van der Waals surface area contributed by atoms with Crippen molar-refractivity contribution in [3.8, 4) is 0 Å². The highest BCUT2D eigenvalue weighted by Crippen LogP contribution is 2.52. The van der Waals surface area contributed by atoms with Gasteiger partial charge in [-0.25, -0.2) is 19.3 Å². The van der Waals surface area contributed by atoms with Crippen LogP contribution in [0.3, 0.4) is 0 Å². The summed E-state index contributed by atoms with van der Waals surface area (Å²) in [6.07, 6.45) is -10.4. The van der Waals surface area contributed by atoms with E-state index >= 15 is 13.2 Å². The lowest BCUT2D eigenvalue weighted by Crippen LogP contribution is -2.39. The number of nitrogens with two attached hydrogens (primary N) is 1. The van der Waals surface area contributed by atoms with Gasteiger partial charge in [0.1, 0.15) is 18.3 Å². The molecule has 23 heteroatoms. The molecule has 8 atom stereocenters. The minimum atomic E-state index is -4.51. The minimum absolute atomic E-state index is 0.142. The SMILES string of the molecule is Nc1nc2c(ncn2[C@@H]2O[C@H](CO)[C@@H](F)[C@H]2OP(O)(=S)OC[C@H]2O[C@@H](n3cnc4c(=O)[nH]cnc43)C(F)(F)[C@@H]2O)c(=O)[nH]1. The lowest BCUT2D eigenvalue weighted by Gasteiger charge is -2.26. The van der Waals surface area contributed by atoms with Crippen molar-refractivity contribution in [3.05, 3.63) is 39.7 Å². The van der Waals surface area contributed by atoms with E-state index in [1.807, 2.05) is 0 Å². The molecular formula is C20H21F3N9O9PS. The van der Waals surface area contributed by atoms with E-state index in [4.69, 9.17) is 36.1 Å². The molecule has 6 rings (SSSR count). The zero-order valence-corrected chi connectivity index (χ0v) is 22.9. The van der Waals surface area contributed by atoms with Crippen LogP contribution in [0.2, 0.25) is 0 Å². The maximum Gasteiger partial charge on any atom is 0.325 e. The Labute approximate surface area is 240 Å². The monoisotopic (exact) mass is 651 g/mol. The quantitative estimate of drug-likeness (QED) is 0.120. The zero-order valence-electron chi connectivity index (χ0n) is 21.2. The van der Waals surface area contributed by atoms with E-state index < -0.39 is 80.0 Å². The second-order valence-corrected chi connectivity index (χ2v) is 12.3. The molecule has 6 heterocycles. The van der Waals surface area contributed by atoms with Crippen LogP contribution in [0.25, 0.3) is 22.3 Å². The summed E-state index contributed by atoms with van der Waals surface area (Å²) in [5.74, 6) is -4.25. The lowest BCUT2D eigenvalue weighted by molar-refractivity contribution is -0.138. The number of hydrogen-bond donors (Lipinski definition) is 6. The molecule has 2 aliphatic rings. The molecule has 0 aliphatic carbocycles. The highest BCUT2D eigenvalue weighted by Gasteiger charge is 2.60. The zero-order chi connectivity index (χ0) is 30.8. The van der Waals surface area contributed by atoms with Gasteiger partial charge in [-0.15, -0.1) is 0 Å². The normalized spacial score (nSPS) is 30.3. The summed E-state index contributed by atoms with van der Waals surface area (Å²) in [5, 5.41) is 19.9. The van der Waals surface area contributed by atoms with Gasteiger partial charge in [-0.2, -0.15) is 13.8 Å². The molecule has 7 N–H and O–H groups in total. The highest BCUT2D eigenvalue weighted by molar-refractivity contribution is 8.07. The smallest absolute Gasteiger partial charge is 0.325 e. The molecule has 0 spiro atoms. The Kier molecular flexibility index (Phi) is 7.38. The van der Waals surface area contributed by atoms with Gasteiger partial charge in [0.15, 0.2) is 40.8 Å². The van der Waals surface area contributed by atoms with Crippen LogP contribution in [0.4, 0.5) is 19.1 Å². The number of aromatic nitrogens is 8. The number of halogens is 3. The molecule has 232 valence electrons. The Morgan fingerprint density at radius 3 is 2.53 bits per heavy atom. The third-order valence-corrected chi connectivity index (χ3v) is 8.38. The molecule has 0 radical (unpaired) electrons. The summed E-state index contributed by atoms with van der Waals surface area (Å²) in [4.78, 5) is 54.8. The maximum absolute atomic E-state index is 15.3. The van der Waals surface area contributed by atoms with Crippen molar-refractivity contribution in [2.45, 2.75) is 49.0 Å². The molecular weight excluding hydrogens is 630 g/mol. The van der Waals surface area contributed by atoms with Crippen LogP contribution in [0, 0.1) is 0 Å². The summed E-state index contributed by atoms with van der Waals surface area (Å²) < 4.78 is 68.6. The molecule has 18 nitrogen and oxygen atoms in total. The van der Waals surface area contributed by atoms with E-state index in [2.05, 4.69) is 29.9 Å². The largest absolute Gasteiger partial charge is 0.394 e. The van der Waals surface area contributed by atoms with Gasteiger partial charge in [-0.1, -0.05) is 0 Å². The van der Waals surface area contributed by atoms with E-state index in [9.17, 15) is 24.7 Å². The Morgan fingerprint density at radius 1 is 1.12 bits per heavy atom. The van der Waals surface area contributed by atoms with Crippen LogP contribution < -0.4 is 16.9 Å². The summed E-state index contributed by atoms with van der Waals surface area (Å²) in [6, 6.07) is 0. The van der Waals surface area contributed by atoms with Crippen LogP contribution in [0.15, 0.2) is 28.6 Å². The minimum Gasteiger partial charge on any atom is -0.394 e. The van der Waals surface area contributed by atoms with Crippen LogP contribution in [0.5, 0.6) is 0 Å². The fourth-order valence-corrected chi connectivity index (χ4v) is 6.21. The Balaban J connectivity index is 1.21. The number of alkyl halides is 3. The molecule has 1 unspecified atom stereocenters. The first kappa shape index (κ1) is 29.7. The van der Waals surface area contributed by atoms with Crippen molar-refractivity contribution in [1.29, 1.82) is 0 Å². The van der Waals surface area contributed by atoms with Crippen LogP contribution in [0.1, 0.15) is 12.5 Å². The summed E-state index contributed by atoms with van der Waals surface area (Å²) in [6.45, 7) is -6.27. The molecule has 2 fully saturated rings. The lowest BCUT2D eigenvalue weighted by atomic mass is 10.1. The average Bonchev–Trinajstić information content (AvgIpc) is 3.68. The van der Waals surface area contributed by atoms with Crippen LogP contribution in [-0.2, 0) is 30.3 Å². The Bertz CT molecular complexity index is 1850. The number of imidazole rings is 2. The Morgan fingerprint density at radius 2 is 1.81 bits per heavy atom. The van der Waals surface area contributed by atoms with E-state index in [1.165, 1.54) is 0 Å². The van der Waals surface area contributed by atoms with E-state index in [0.29, 0.717) is 0 Å². The van der Waals surface area contributed by atoms with Gasteiger partial charge in [0.05, 0.1) is 32.2 Å². The van der Waals surface area contributed by atoms with Gasteiger partial charge in [0, 0.05) is 0 Å². The number of rotatable bonds is 8. The van der Waals surface area contributed by atoms with Gasteiger partial charge in [0.2, 0.25) is 12.2 Å². The number of ether oxygens (including phenoxy) is 2. The van der Waals surface area contributed by atoms with Crippen molar-refractivity contribution in [2.24, 2.45) is 0 Å². The van der Waals surface area contributed by atoms with E-state index in [1.54, 1.807) is 0 Å². The molecule has 2 aliphatic heterocycles. The fourth-order valence-electron chi connectivity index (χ4n) is 4.80. The van der Waals surface area contributed by atoms with Gasteiger partial charge >= 0.3 is 12.6 Å². The van der Waals surface area contributed by atoms with Crippen molar-refractivity contribution in [3.63, 3.8) is 0 Å². The maximum atomic E-state index is 15.3. The molecule has 0 saturated carbocycles. The third-order valence-electron chi connectivity index (χ3n) is 6.82. The predicted molar refractivity (Wildman–Crippen MR) is 139 cm³/mol. The average molecular weight is 651 g/mol. The standard InChI is InChI=1S/C20H21F3N9O9PS/c21-8-6(1-33)39-17(31-4-27-10-14(31)29-19(24)30-16(10)36)11(8)41-42(37,43)38-2-7-12(34)20(22,23)18(40-7)32-5-28-9-13(32)25-3-26-15(9)35/h3-8,11-12,17-18,33-34H,1-2H2,(H,37,43)(H,25,26,35)(H3,24,29,30,36)/t6-,7-,8-,11-,12-,17-,18-,42?/m1/s1. The number of nitrogens with one attached hydrogen (secondary N) is 2. The van der Waals surface area contributed by atoms with Crippen molar-refractivity contribution in [2.75, 3.05) is 18.9 Å². The number of aromatic amines is 2. The first-order chi connectivity index (χ1) is 20.3. The molecule has 4 aromatic heterocycles. The van der Waals surface area contributed by atoms with E-state index in [-0.39, 0.29) is 28.3 Å². The Hall–Kier alpha value is -3.34. The third kappa shape index (κ3) is 5.03. The van der Waals surface area contributed by atoms with E-state index in [0.717, 1.165) is 28.1 Å². The van der Waals surface area contributed by atoms with Crippen LogP contribution in [-0.4, -0.2) is 104 Å². The first-order valence-electron chi connectivity index (χ1n) is 12.2. The van der Waals surface area contributed by atoms with Crippen molar-refractivity contribution < 1.29 is 46.8 Å². The summed E-state index contributed by atoms with van der Waals surface area (Å²) in [5.41, 5.74) is 3.37. The van der Waals surface area contributed by atoms with Gasteiger partial charge in [-0.3, -0.25) is 28.2 Å². The number of hydrogen-bond acceptors (Lipinski definition) is 14. The fraction of sp³-hybridized carbons (Fsp3) is 0.500. The number of aliphatic hydroxyl groups excluding tert-OH is 2. The molecule has 4 aromatic rings. The number of aliphatic hydroxyl groups is 2. The summed E-state index contributed by atoms with van der Waals surface area (Å²) in [7, 11) is 0. The van der Waals surface area contributed by atoms with Crippen molar-refractivity contribution >= 4 is 46.8 Å². The number of H-pyrrole nitrogens is 2. The number of fused-ring (bicyclic) bond motifs is 2. The molecule has 0 bridgehead atoms. The number of nitrogen functional groups attached to an aromatic ring is 1. The molecule has 0 amide bonds.